The van der Waals surface area contributed by atoms with Gasteiger partial charge in [-0.05, 0) is 30.3 Å². The van der Waals surface area contributed by atoms with Gasteiger partial charge in [-0.3, -0.25) is 4.79 Å². The molecule has 0 aliphatic rings. The summed E-state index contributed by atoms with van der Waals surface area (Å²) in [5.41, 5.74) is 0.596. The van der Waals surface area contributed by atoms with E-state index in [1.807, 2.05) is 12.1 Å². The first-order valence-corrected chi connectivity index (χ1v) is 6.88. The van der Waals surface area contributed by atoms with Gasteiger partial charge in [0.1, 0.15) is 5.76 Å². The molecule has 0 atom stereocenters. The first-order chi connectivity index (χ1) is 9.63. The van der Waals surface area contributed by atoms with E-state index in [0.29, 0.717) is 35.2 Å². The Morgan fingerprint density at radius 1 is 1.20 bits per heavy atom. The molecule has 0 saturated carbocycles. The van der Waals surface area contributed by atoms with Gasteiger partial charge in [0.15, 0.2) is 0 Å². The lowest BCUT2D eigenvalue weighted by atomic mass is 10.3. The summed E-state index contributed by atoms with van der Waals surface area (Å²) in [6.45, 7) is 1.16. The largest absolute Gasteiger partial charge is 0.468 e. The minimum Gasteiger partial charge on any atom is -0.468 e. The number of amides is 1. The number of hydrogen-bond donors (Lipinski definition) is 2. The van der Waals surface area contributed by atoms with E-state index in [4.69, 9.17) is 27.6 Å². The van der Waals surface area contributed by atoms with Gasteiger partial charge in [-0.1, -0.05) is 23.2 Å². The van der Waals surface area contributed by atoms with Gasteiger partial charge >= 0.3 is 0 Å². The second-order valence-corrected chi connectivity index (χ2v) is 5.09. The van der Waals surface area contributed by atoms with Crippen molar-refractivity contribution in [2.45, 2.75) is 13.0 Å². The topological polar surface area (TPSA) is 54.3 Å². The van der Waals surface area contributed by atoms with E-state index in [1.165, 1.54) is 0 Å². The molecule has 2 N–H and O–H groups in total. The van der Waals surface area contributed by atoms with Crippen LogP contribution >= 0.6 is 23.2 Å². The van der Waals surface area contributed by atoms with Crippen molar-refractivity contribution < 1.29 is 9.21 Å². The molecule has 6 heteroatoms. The Kier molecular flexibility index (Phi) is 5.47. The zero-order valence-corrected chi connectivity index (χ0v) is 12.2. The Labute approximate surface area is 127 Å². The fraction of sp³-hybridized carbons (Fsp3) is 0.214. The lowest BCUT2D eigenvalue weighted by molar-refractivity contribution is -0.116. The number of carbonyl (C=O) groups is 1. The minimum absolute atomic E-state index is 0.102. The summed E-state index contributed by atoms with van der Waals surface area (Å²) in [6.07, 6.45) is 1.97. The number of rotatable bonds is 6. The number of halogens is 2. The van der Waals surface area contributed by atoms with E-state index in [1.54, 1.807) is 24.5 Å². The molecule has 1 heterocycles. The lowest BCUT2D eigenvalue weighted by Gasteiger charge is -2.07. The minimum atomic E-state index is -0.102. The van der Waals surface area contributed by atoms with Gasteiger partial charge in [-0.15, -0.1) is 0 Å². The highest BCUT2D eigenvalue weighted by Crippen LogP contribution is 2.22. The SMILES string of the molecule is O=C(CCNCc1ccco1)Nc1cc(Cl)cc(Cl)c1. The van der Waals surface area contributed by atoms with Crippen LogP contribution in [0, 0.1) is 0 Å². The molecule has 0 radical (unpaired) electrons. The van der Waals surface area contributed by atoms with E-state index < -0.39 is 0 Å². The second-order valence-electron chi connectivity index (χ2n) is 4.21. The maximum Gasteiger partial charge on any atom is 0.225 e. The number of nitrogens with one attached hydrogen (secondary N) is 2. The normalized spacial score (nSPS) is 10.5. The monoisotopic (exact) mass is 312 g/mol. The lowest BCUT2D eigenvalue weighted by Crippen LogP contribution is -2.21. The third-order valence-corrected chi connectivity index (χ3v) is 2.99. The summed E-state index contributed by atoms with van der Waals surface area (Å²) in [5.74, 6) is 0.738. The van der Waals surface area contributed by atoms with E-state index in [2.05, 4.69) is 10.6 Å². The maximum absolute atomic E-state index is 11.7. The Morgan fingerprint density at radius 3 is 2.60 bits per heavy atom. The van der Waals surface area contributed by atoms with Gasteiger partial charge in [0.2, 0.25) is 5.91 Å². The molecule has 2 aromatic rings. The standard InChI is InChI=1S/C14H14Cl2N2O2/c15-10-6-11(16)8-12(7-10)18-14(19)3-4-17-9-13-2-1-5-20-13/h1-2,5-8,17H,3-4,9H2,(H,18,19). The number of anilines is 1. The highest BCUT2D eigenvalue weighted by atomic mass is 35.5. The molecule has 2 rings (SSSR count). The number of carbonyl (C=O) groups excluding carboxylic acids is 1. The average Bonchev–Trinajstić information content (AvgIpc) is 2.86. The van der Waals surface area contributed by atoms with Crippen LogP contribution in [0.5, 0.6) is 0 Å². The van der Waals surface area contributed by atoms with E-state index in [9.17, 15) is 4.79 Å². The third kappa shape index (κ3) is 4.89. The first-order valence-electron chi connectivity index (χ1n) is 6.12. The summed E-state index contributed by atoms with van der Waals surface area (Å²) in [7, 11) is 0. The molecule has 0 spiro atoms. The molecule has 0 bridgehead atoms. The van der Waals surface area contributed by atoms with E-state index in [0.717, 1.165) is 5.76 Å². The molecule has 0 unspecified atom stereocenters. The molecule has 0 aliphatic heterocycles. The van der Waals surface area contributed by atoms with Crippen molar-refractivity contribution in [3.05, 3.63) is 52.4 Å². The molecule has 0 fully saturated rings. The molecule has 1 amide bonds. The van der Waals surface area contributed by atoms with Crippen molar-refractivity contribution in [1.82, 2.24) is 5.32 Å². The Bertz CT molecular complexity index is 550. The van der Waals surface area contributed by atoms with Crippen molar-refractivity contribution in [3.63, 3.8) is 0 Å². The van der Waals surface area contributed by atoms with Crippen LogP contribution < -0.4 is 10.6 Å². The summed E-state index contributed by atoms with van der Waals surface area (Å²) in [6, 6.07) is 8.63. The first kappa shape index (κ1) is 14.9. The molecular weight excluding hydrogens is 299 g/mol. The fourth-order valence-corrected chi connectivity index (χ4v) is 2.20. The van der Waals surface area contributed by atoms with Gasteiger partial charge in [0, 0.05) is 28.7 Å². The molecular formula is C14H14Cl2N2O2. The van der Waals surface area contributed by atoms with Crippen LogP contribution in [0.25, 0.3) is 0 Å². The van der Waals surface area contributed by atoms with Gasteiger partial charge in [-0.25, -0.2) is 0 Å². The van der Waals surface area contributed by atoms with E-state index in [-0.39, 0.29) is 5.91 Å². The molecule has 20 heavy (non-hydrogen) atoms. The van der Waals surface area contributed by atoms with Crippen molar-refractivity contribution in [2.75, 3.05) is 11.9 Å². The van der Waals surface area contributed by atoms with Gasteiger partial charge in [0.05, 0.1) is 12.8 Å². The maximum atomic E-state index is 11.7. The molecule has 4 nitrogen and oxygen atoms in total. The van der Waals surface area contributed by atoms with Crippen molar-refractivity contribution in [3.8, 4) is 0 Å². The third-order valence-electron chi connectivity index (χ3n) is 2.55. The van der Waals surface area contributed by atoms with Crippen LogP contribution in [-0.4, -0.2) is 12.5 Å². The highest BCUT2D eigenvalue weighted by molar-refractivity contribution is 6.35. The highest BCUT2D eigenvalue weighted by Gasteiger charge is 2.04. The van der Waals surface area contributed by atoms with Crippen molar-refractivity contribution in [2.24, 2.45) is 0 Å². The molecule has 0 aliphatic carbocycles. The summed E-state index contributed by atoms with van der Waals surface area (Å²) in [4.78, 5) is 11.7. The summed E-state index contributed by atoms with van der Waals surface area (Å²) < 4.78 is 5.17. The smallest absolute Gasteiger partial charge is 0.225 e. The predicted molar refractivity (Wildman–Crippen MR) is 80.1 cm³/mol. The van der Waals surface area contributed by atoms with Crippen molar-refractivity contribution in [1.29, 1.82) is 0 Å². The zero-order chi connectivity index (χ0) is 14.4. The quantitative estimate of drug-likeness (QED) is 0.800. The van der Waals surface area contributed by atoms with Gasteiger partial charge in [-0.2, -0.15) is 0 Å². The zero-order valence-electron chi connectivity index (χ0n) is 10.7. The summed E-state index contributed by atoms with van der Waals surface area (Å²) >= 11 is 11.7. The average molecular weight is 313 g/mol. The van der Waals surface area contributed by atoms with Crippen molar-refractivity contribution >= 4 is 34.8 Å². The van der Waals surface area contributed by atoms with Gasteiger partial charge < -0.3 is 15.1 Å². The number of furan rings is 1. The fourth-order valence-electron chi connectivity index (χ4n) is 1.68. The Hall–Kier alpha value is -1.49. The molecule has 1 aromatic heterocycles. The van der Waals surface area contributed by atoms with Crippen LogP contribution in [0.4, 0.5) is 5.69 Å². The van der Waals surface area contributed by atoms with Crippen LogP contribution in [0.15, 0.2) is 41.0 Å². The van der Waals surface area contributed by atoms with Crippen LogP contribution in [0.1, 0.15) is 12.2 Å². The van der Waals surface area contributed by atoms with Crippen LogP contribution in [0.3, 0.4) is 0 Å². The number of hydrogen-bond acceptors (Lipinski definition) is 3. The predicted octanol–water partition coefficient (Wildman–Crippen LogP) is 3.70. The Morgan fingerprint density at radius 2 is 1.95 bits per heavy atom. The summed E-state index contributed by atoms with van der Waals surface area (Å²) in [5, 5.41) is 6.85. The Balaban J connectivity index is 1.72. The molecule has 0 saturated heterocycles. The van der Waals surface area contributed by atoms with Crippen LogP contribution in [0.2, 0.25) is 10.0 Å². The molecule has 1 aromatic carbocycles. The molecule has 106 valence electrons. The van der Waals surface area contributed by atoms with Crippen LogP contribution in [-0.2, 0) is 11.3 Å². The number of benzene rings is 1. The second kappa shape index (κ2) is 7.33. The van der Waals surface area contributed by atoms with Gasteiger partial charge in [0.25, 0.3) is 0 Å². The van der Waals surface area contributed by atoms with E-state index >= 15 is 0 Å².